The van der Waals surface area contributed by atoms with Gasteiger partial charge in [-0.05, 0) is 49.7 Å². The molecule has 0 aliphatic carbocycles. The molecular formula is C17H14BrN3. The number of hydrogen-bond acceptors (Lipinski definition) is 2. The summed E-state index contributed by atoms with van der Waals surface area (Å²) in [5, 5.41) is 1.15. The molecule has 4 rings (SSSR count). The van der Waals surface area contributed by atoms with E-state index in [-0.39, 0.29) is 0 Å². The van der Waals surface area contributed by atoms with E-state index in [9.17, 15) is 0 Å². The van der Waals surface area contributed by atoms with E-state index in [1.54, 1.807) is 0 Å². The Morgan fingerprint density at radius 2 is 1.90 bits per heavy atom. The van der Waals surface area contributed by atoms with Crippen LogP contribution < -0.4 is 0 Å². The van der Waals surface area contributed by atoms with E-state index in [0.29, 0.717) is 0 Å². The Balaban J connectivity index is 2.25. The molecule has 0 N–H and O–H groups in total. The summed E-state index contributed by atoms with van der Waals surface area (Å²) in [6.07, 6.45) is 0. The zero-order valence-corrected chi connectivity index (χ0v) is 13.5. The summed E-state index contributed by atoms with van der Waals surface area (Å²) in [5.41, 5.74) is 6.23. The van der Waals surface area contributed by atoms with E-state index < -0.39 is 0 Å². The van der Waals surface area contributed by atoms with E-state index >= 15 is 0 Å². The highest BCUT2D eigenvalue weighted by Gasteiger charge is 2.13. The van der Waals surface area contributed by atoms with Gasteiger partial charge in [-0.1, -0.05) is 22.0 Å². The minimum atomic E-state index is 0.883. The maximum atomic E-state index is 4.87. The molecule has 3 nitrogen and oxygen atoms in total. The Bertz CT molecular complexity index is 1000. The van der Waals surface area contributed by atoms with Gasteiger partial charge < -0.3 is 4.57 Å². The summed E-state index contributed by atoms with van der Waals surface area (Å²) < 4.78 is 3.29. The lowest BCUT2D eigenvalue weighted by molar-refractivity contribution is 0.817. The summed E-state index contributed by atoms with van der Waals surface area (Å²) >= 11 is 3.55. The molecule has 2 heterocycles. The maximum Gasteiger partial charge on any atom is 0.160 e. The average Bonchev–Trinajstić information content (AvgIpc) is 2.77. The lowest BCUT2D eigenvalue weighted by Gasteiger charge is -2.03. The van der Waals surface area contributed by atoms with Crippen LogP contribution in [0, 0.1) is 6.92 Å². The number of halogens is 1. The summed E-state index contributed by atoms with van der Waals surface area (Å²) in [4.78, 5) is 9.71. The van der Waals surface area contributed by atoms with Crippen LogP contribution in [-0.2, 0) is 6.54 Å². The van der Waals surface area contributed by atoms with Gasteiger partial charge in [0, 0.05) is 16.4 Å². The first-order chi connectivity index (χ1) is 10.2. The van der Waals surface area contributed by atoms with Crippen LogP contribution in [0.1, 0.15) is 12.5 Å². The van der Waals surface area contributed by atoms with Gasteiger partial charge in [0.25, 0.3) is 0 Å². The molecule has 0 saturated carbocycles. The molecule has 0 aliphatic heterocycles. The van der Waals surface area contributed by atoms with Crippen LogP contribution in [0.3, 0.4) is 0 Å². The first kappa shape index (κ1) is 12.8. The van der Waals surface area contributed by atoms with Crippen molar-refractivity contribution in [2.45, 2.75) is 20.4 Å². The topological polar surface area (TPSA) is 30.7 Å². The first-order valence-corrected chi connectivity index (χ1v) is 7.82. The molecular weight excluding hydrogens is 326 g/mol. The van der Waals surface area contributed by atoms with Gasteiger partial charge in [0.2, 0.25) is 0 Å². The van der Waals surface area contributed by atoms with Gasteiger partial charge in [0.15, 0.2) is 5.65 Å². The van der Waals surface area contributed by atoms with E-state index in [4.69, 9.17) is 9.97 Å². The summed E-state index contributed by atoms with van der Waals surface area (Å²) in [6, 6.07) is 12.5. The minimum Gasteiger partial charge on any atom is -0.324 e. The van der Waals surface area contributed by atoms with Crippen LogP contribution in [0.15, 0.2) is 40.9 Å². The van der Waals surface area contributed by atoms with Crippen molar-refractivity contribution >= 4 is 49.0 Å². The van der Waals surface area contributed by atoms with Crippen molar-refractivity contribution in [1.29, 1.82) is 0 Å². The van der Waals surface area contributed by atoms with Gasteiger partial charge >= 0.3 is 0 Å². The summed E-state index contributed by atoms with van der Waals surface area (Å²) in [7, 11) is 0. The second-order valence-electron chi connectivity index (χ2n) is 5.29. The molecule has 0 aliphatic rings. The monoisotopic (exact) mass is 339 g/mol. The molecule has 0 radical (unpaired) electrons. The van der Waals surface area contributed by atoms with E-state index in [1.807, 2.05) is 6.07 Å². The SMILES string of the molecule is CCn1c2ccc(Br)cc2c2nc3cc(C)ccc3nc21. The van der Waals surface area contributed by atoms with Crippen molar-refractivity contribution in [3.05, 3.63) is 46.4 Å². The standard InChI is InChI=1S/C17H14BrN3/c1-3-21-15-7-5-11(18)9-12(15)16-17(21)20-13-6-4-10(2)8-14(13)19-16/h4-9H,3H2,1-2H3. The lowest BCUT2D eigenvalue weighted by Crippen LogP contribution is -1.96. The molecule has 0 unspecified atom stereocenters. The van der Waals surface area contributed by atoms with Gasteiger partial charge in [-0.25, -0.2) is 9.97 Å². The molecule has 4 aromatic rings. The van der Waals surface area contributed by atoms with Gasteiger partial charge in [-0.3, -0.25) is 0 Å². The van der Waals surface area contributed by atoms with Crippen LogP contribution in [0.5, 0.6) is 0 Å². The van der Waals surface area contributed by atoms with E-state index in [0.717, 1.165) is 38.6 Å². The molecule has 0 spiro atoms. The Kier molecular flexibility index (Phi) is 2.76. The number of rotatable bonds is 1. The fourth-order valence-corrected chi connectivity index (χ4v) is 3.25. The third kappa shape index (κ3) is 1.86. The fraction of sp³-hybridized carbons (Fsp3) is 0.176. The van der Waals surface area contributed by atoms with E-state index in [1.165, 1.54) is 11.1 Å². The van der Waals surface area contributed by atoms with Crippen LogP contribution in [0.4, 0.5) is 0 Å². The van der Waals surface area contributed by atoms with Crippen molar-refractivity contribution in [2.75, 3.05) is 0 Å². The predicted octanol–water partition coefficient (Wildman–Crippen LogP) is 4.83. The van der Waals surface area contributed by atoms with Gasteiger partial charge in [-0.15, -0.1) is 0 Å². The highest BCUT2D eigenvalue weighted by atomic mass is 79.9. The van der Waals surface area contributed by atoms with Crippen LogP contribution >= 0.6 is 15.9 Å². The molecule has 0 amide bonds. The molecule has 0 saturated heterocycles. The molecule has 2 aromatic carbocycles. The van der Waals surface area contributed by atoms with Gasteiger partial charge in [-0.2, -0.15) is 0 Å². The van der Waals surface area contributed by atoms with Crippen LogP contribution in [0.25, 0.3) is 33.1 Å². The second-order valence-corrected chi connectivity index (χ2v) is 6.21. The molecule has 4 heteroatoms. The number of fused-ring (bicyclic) bond motifs is 4. The number of aryl methyl sites for hydroxylation is 2. The Morgan fingerprint density at radius 1 is 1.05 bits per heavy atom. The van der Waals surface area contributed by atoms with Gasteiger partial charge in [0.05, 0.1) is 16.6 Å². The number of nitrogens with zero attached hydrogens (tertiary/aromatic N) is 3. The number of aromatic nitrogens is 3. The Morgan fingerprint density at radius 3 is 2.71 bits per heavy atom. The molecule has 0 bridgehead atoms. The molecule has 21 heavy (non-hydrogen) atoms. The minimum absolute atomic E-state index is 0.883. The highest BCUT2D eigenvalue weighted by molar-refractivity contribution is 9.10. The second kappa shape index (κ2) is 4.53. The van der Waals surface area contributed by atoms with Gasteiger partial charge in [0.1, 0.15) is 5.52 Å². The molecule has 104 valence electrons. The number of hydrogen-bond donors (Lipinski definition) is 0. The molecule has 2 aromatic heterocycles. The molecule has 0 atom stereocenters. The summed E-state index contributed by atoms with van der Waals surface area (Å²) in [6.45, 7) is 5.10. The van der Waals surface area contributed by atoms with Crippen LogP contribution in [-0.4, -0.2) is 14.5 Å². The zero-order valence-electron chi connectivity index (χ0n) is 11.9. The summed E-state index contributed by atoms with van der Waals surface area (Å²) in [5.74, 6) is 0. The largest absolute Gasteiger partial charge is 0.324 e. The highest BCUT2D eigenvalue weighted by Crippen LogP contribution is 2.30. The smallest absolute Gasteiger partial charge is 0.160 e. The van der Waals surface area contributed by atoms with E-state index in [2.05, 4.69) is 64.7 Å². The predicted molar refractivity (Wildman–Crippen MR) is 90.7 cm³/mol. The van der Waals surface area contributed by atoms with Crippen molar-refractivity contribution in [2.24, 2.45) is 0 Å². The van der Waals surface area contributed by atoms with Crippen molar-refractivity contribution in [3.8, 4) is 0 Å². The van der Waals surface area contributed by atoms with Crippen molar-refractivity contribution < 1.29 is 0 Å². The lowest BCUT2D eigenvalue weighted by atomic mass is 10.2. The van der Waals surface area contributed by atoms with Crippen molar-refractivity contribution in [3.63, 3.8) is 0 Å². The zero-order chi connectivity index (χ0) is 14.6. The quantitative estimate of drug-likeness (QED) is 0.497. The Hall–Kier alpha value is -1.94. The maximum absolute atomic E-state index is 4.87. The van der Waals surface area contributed by atoms with Crippen LogP contribution in [0.2, 0.25) is 0 Å². The average molecular weight is 340 g/mol. The van der Waals surface area contributed by atoms with Crippen molar-refractivity contribution in [1.82, 2.24) is 14.5 Å². The third-order valence-corrected chi connectivity index (χ3v) is 4.37. The fourth-order valence-electron chi connectivity index (χ4n) is 2.89. The molecule has 0 fully saturated rings. The third-order valence-electron chi connectivity index (χ3n) is 3.88. The number of benzene rings is 2. The first-order valence-electron chi connectivity index (χ1n) is 7.03. The normalized spacial score (nSPS) is 11.8. The Labute approximate surface area is 130 Å².